The molecule has 0 saturated carbocycles. The molecule has 0 spiro atoms. The lowest BCUT2D eigenvalue weighted by molar-refractivity contribution is 0.478. The average molecular weight is 572 g/mol. The molecule has 0 radical (unpaired) electrons. The normalized spacial score (nSPS) is 13.9. The first-order valence-electron chi connectivity index (χ1n) is 15.5. The minimum absolute atomic E-state index is 0.0712. The van der Waals surface area contributed by atoms with Crippen molar-refractivity contribution >= 4 is 83.7 Å². The summed E-state index contributed by atoms with van der Waals surface area (Å²) in [6.45, 7) is -0.0712. The van der Waals surface area contributed by atoms with Crippen LogP contribution in [0.3, 0.4) is 0 Å². The van der Waals surface area contributed by atoms with Gasteiger partial charge >= 0.3 is 6.85 Å². The smallest absolute Gasteiger partial charge is 0.333 e. The van der Waals surface area contributed by atoms with E-state index in [4.69, 9.17) is 9.15 Å². The second-order valence-corrected chi connectivity index (χ2v) is 12.4. The monoisotopic (exact) mass is 572 g/mol. The van der Waals surface area contributed by atoms with E-state index >= 15 is 0 Å². The van der Waals surface area contributed by atoms with Crippen LogP contribution in [-0.4, -0.2) is 11.4 Å². The van der Waals surface area contributed by atoms with Gasteiger partial charge in [-0.25, -0.2) is 0 Å². The largest absolute Gasteiger partial charge is 0.454 e. The first-order chi connectivity index (χ1) is 22.3. The molecule has 7 aromatic carbocycles. The third kappa shape index (κ3) is 2.52. The van der Waals surface area contributed by atoms with Crippen LogP contribution in [0.15, 0.2) is 132 Å². The number of hydrogen-bond donors (Lipinski definition) is 0. The Bertz CT molecular complexity index is 2830. The molecule has 206 valence electrons. The number of rotatable bonds is 0. The quantitative estimate of drug-likeness (QED) is 0.170. The lowest BCUT2D eigenvalue weighted by Crippen LogP contribution is -2.61. The molecule has 0 saturated heterocycles. The molecule has 45 heavy (non-hydrogen) atoms. The minimum Gasteiger partial charge on any atom is -0.454 e. The SMILES string of the molecule is c1ccc2c(c1)Oc1cccc3c1N2B1c2c-3cc3c(oc4ccccc43)c2-n2c3c1cccc3c1ccc3ccccc3c12. The van der Waals surface area contributed by atoms with E-state index in [0.717, 1.165) is 50.5 Å². The van der Waals surface area contributed by atoms with E-state index in [1.54, 1.807) is 0 Å². The van der Waals surface area contributed by atoms with Gasteiger partial charge in [0.2, 0.25) is 0 Å². The average Bonchev–Trinajstić information content (AvgIpc) is 3.64. The highest BCUT2D eigenvalue weighted by Gasteiger charge is 2.48. The van der Waals surface area contributed by atoms with Crippen LogP contribution in [0.2, 0.25) is 0 Å². The molecule has 9 aromatic rings. The van der Waals surface area contributed by atoms with Crippen LogP contribution in [0.5, 0.6) is 11.5 Å². The Kier molecular flexibility index (Phi) is 3.80. The van der Waals surface area contributed by atoms with Gasteiger partial charge in [-0.05, 0) is 52.2 Å². The Morgan fingerprint density at radius 1 is 0.533 bits per heavy atom. The van der Waals surface area contributed by atoms with Crippen molar-refractivity contribution in [2.75, 3.05) is 4.81 Å². The van der Waals surface area contributed by atoms with Gasteiger partial charge in [-0.3, -0.25) is 0 Å². The fourth-order valence-electron chi connectivity index (χ4n) is 8.62. The highest BCUT2D eigenvalue weighted by molar-refractivity contribution is 6.94. The summed E-state index contributed by atoms with van der Waals surface area (Å²) in [6, 6.07) is 45.9. The van der Waals surface area contributed by atoms with E-state index in [0.29, 0.717) is 0 Å². The maximum atomic E-state index is 6.90. The summed E-state index contributed by atoms with van der Waals surface area (Å²) in [5, 5.41) is 7.26. The van der Waals surface area contributed by atoms with Crippen LogP contribution >= 0.6 is 0 Å². The van der Waals surface area contributed by atoms with E-state index < -0.39 is 0 Å². The maximum Gasteiger partial charge on any atom is 0.333 e. The molecule has 0 fully saturated rings. The molecule has 0 amide bonds. The number of ether oxygens (including phenoxy) is 1. The summed E-state index contributed by atoms with van der Waals surface area (Å²) < 4.78 is 16.0. The number of nitrogens with zero attached hydrogens (tertiary/aromatic N) is 2. The number of hydrogen-bond acceptors (Lipinski definition) is 3. The molecule has 5 heterocycles. The van der Waals surface area contributed by atoms with E-state index in [1.807, 2.05) is 0 Å². The number of anilines is 2. The predicted octanol–water partition coefficient (Wildman–Crippen LogP) is 9.18. The Morgan fingerprint density at radius 3 is 2.29 bits per heavy atom. The van der Waals surface area contributed by atoms with Gasteiger partial charge < -0.3 is 18.5 Å². The molecule has 2 aromatic heterocycles. The summed E-state index contributed by atoms with van der Waals surface area (Å²) in [6.07, 6.45) is 0. The van der Waals surface area contributed by atoms with Crippen molar-refractivity contribution < 1.29 is 9.15 Å². The lowest BCUT2D eigenvalue weighted by atomic mass is 9.43. The van der Waals surface area contributed by atoms with Crippen LogP contribution in [0.25, 0.3) is 71.3 Å². The van der Waals surface area contributed by atoms with Crippen molar-refractivity contribution in [2.45, 2.75) is 0 Å². The topological polar surface area (TPSA) is 30.5 Å². The van der Waals surface area contributed by atoms with Crippen molar-refractivity contribution in [2.24, 2.45) is 0 Å². The van der Waals surface area contributed by atoms with Crippen molar-refractivity contribution in [3.8, 4) is 28.3 Å². The zero-order valence-electron chi connectivity index (χ0n) is 23.9. The first-order valence-corrected chi connectivity index (χ1v) is 15.5. The van der Waals surface area contributed by atoms with Gasteiger partial charge in [-0.2, -0.15) is 0 Å². The molecule has 0 N–H and O–H groups in total. The fraction of sp³-hybridized carbons (Fsp3) is 0. The van der Waals surface area contributed by atoms with Crippen molar-refractivity contribution in [1.29, 1.82) is 0 Å². The number of benzene rings is 7. The summed E-state index contributed by atoms with van der Waals surface area (Å²) in [5.41, 5.74) is 12.6. The van der Waals surface area contributed by atoms with Crippen LogP contribution in [-0.2, 0) is 0 Å². The van der Waals surface area contributed by atoms with Gasteiger partial charge in [0.15, 0.2) is 11.3 Å². The Balaban J connectivity index is 1.38. The van der Waals surface area contributed by atoms with Crippen LogP contribution in [0, 0.1) is 0 Å². The standard InChI is InChI=1S/C40H21BN2O2/c1-2-10-23-22(9-1)19-20-27-25-12-7-14-30-37(25)42(36(23)27)39-35-28(21-29-24-11-3-5-16-32(24)45-40(29)39)26-13-8-18-34-38(26)43(41(30)35)31-15-4-6-17-33(31)44-34/h1-21H. The van der Waals surface area contributed by atoms with Crippen LogP contribution < -0.4 is 20.5 Å². The highest BCUT2D eigenvalue weighted by Crippen LogP contribution is 2.55. The van der Waals surface area contributed by atoms with Crippen LogP contribution in [0.4, 0.5) is 11.4 Å². The third-order valence-electron chi connectivity index (χ3n) is 10.3. The number of para-hydroxylation sites is 5. The number of aromatic nitrogens is 1. The number of furan rings is 1. The van der Waals surface area contributed by atoms with Gasteiger partial charge in [-0.1, -0.05) is 97.1 Å². The van der Waals surface area contributed by atoms with E-state index in [1.165, 1.54) is 54.6 Å². The molecule has 12 rings (SSSR count). The van der Waals surface area contributed by atoms with E-state index in [9.17, 15) is 0 Å². The van der Waals surface area contributed by atoms with Gasteiger partial charge in [0, 0.05) is 32.5 Å². The molecular formula is C40H21BN2O2. The summed E-state index contributed by atoms with van der Waals surface area (Å²) in [7, 11) is 0. The molecule has 4 nitrogen and oxygen atoms in total. The lowest BCUT2D eigenvalue weighted by Gasteiger charge is -2.44. The predicted molar refractivity (Wildman–Crippen MR) is 185 cm³/mol. The van der Waals surface area contributed by atoms with Crippen LogP contribution in [0.1, 0.15) is 0 Å². The van der Waals surface area contributed by atoms with E-state index in [-0.39, 0.29) is 6.85 Å². The minimum atomic E-state index is -0.0712. The van der Waals surface area contributed by atoms with Crippen molar-refractivity contribution in [3.05, 3.63) is 127 Å². The Hall–Kier alpha value is -5.94. The zero-order chi connectivity index (χ0) is 29.0. The zero-order valence-corrected chi connectivity index (χ0v) is 23.9. The third-order valence-corrected chi connectivity index (χ3v) is 10.3. The molecular weight excluding hydrogens is 551 g/mol. The van der Waals surface area contributed by atoms with Crippen molar-refractivity contribution in [3.63, 3.8) is 0 Å². The van der Waals surface area contributed by atoms with E-state index in [2.05, 4.69) is 137 Å². The summed E-state index contributed by atoms with van der Waals surface area (Å²) in [4.78, 5) is 2.53. The molecule has 0 unspecified atom stereocenters. The number of fused-ring (bicyclic) bond motifs is 15. The highest BCUT2D eigenvalue weighted by atomic mass is 16.5. The first kappa shape index (κ1) is 22.6. The second-order valence-electron chi connectivity index (χ2n) is 12.4. The Morgan fingerprint density at radius 2 is 1.31 bits per heavy atom. The summed E-state index contributed by atoms with van der Waals surface area (Å²) >= 11 is 0. The molecule has 0 bridgehead atoms. The molecule has 5 heteroatoms. The van der Waals surface area contributed by atoms with Gasteiger partial charge in [0.05, 0.1) is 28.1 Å². The van der Waals surface area contributed by atoms with Gasteiger partial charge in [0.1, 0.15) is 11.3 Å². The molecule has 0 aliphatic carbocycles. The fourth-order valence-corrected chi connectivity index (χ4v) is 8.62. The van der Waals surface area contributed by atoms with Gasteiger partial charge in [-0.15, -0.1) is 0 Å². The molecule has 3 aliphatic heterocycles. The maximum absolute atomic E-state index is 6.90. The molecule has 3 aliphatic rings. The summed E-state index contributed by atoms with van der Waals surface area (Å²) in [5.74, 6) is 1.76. The van der Waals surface area contributed by atoms with Crippen molar-refractivity contribution in [1.82, 2.24) is 4.57 Å². The second kappa shape index (κ2) is 7.58. The Labute approximate surface area is 257 Å². The molecule has 0 atom stereocenters. The van der Waals surface area contributed by atoms with Gasteiger partial charge in [0.25, 0.3) is 0 Å².